The van der Waals surface area contributed by atoms with E-state index < -0.39 is 11.7 Å². The molecule has 1 heterocycles. The van der Waals surface area contributed by atoms with E-state index in [-0.39, 0.29) is 5.56 Å². The molecular formula is C14H14F3N. The Balaban J connectivity index is 2.67. The van der Waals surface area contributed by atoms with Crippen molar-refractivity contribution in [1.29, 1.82) is 0 Å². The van der Waals surface area contributed by atoms with Crippen molar-refractivity contribution in [2.24, 2.45) is 0 Å². The van der Waals surface area contributed by atoms with Gasteiger partial charge in [-0.25, -0.2) is 0 Å². The van der Waals surface area contributed by atoms with Crippen molar-refractivity contribution < 1.29 is 13.2 Å². The minimum Gasteiger partial charge on any atom is -0.256 e. The Morgan fingerprint density at radius 3 is 2.39 bits per heavy atom. The summed E-state index contributed by atoms with van der Waals surface area (Å²) in [5, 5.41) is 0.756. The molecule has 2 aromatic rings. The predicted molar refractivity (Wildman–Crippen MR) is 65.6 cm³/mol. The molecule has 18 heavy (non-hydrogen) atoms. The van der Waals surface area contributed by atoms with E-state index in [1.807, 2.05) is 19.9 Å². The van der Waals surface area contributed by atoms with Gasteiger partial charge in [0.2, 0.25) is 0 Å². The van der Waals surface area contributed by atoms with Crippen LogP contribution in [0.2, 0.25) is 0 Å². The smallest absolute Gasteiger partial charge is 0.256 e. The van der Waals surface area contributed by atoms with E-state index in [0.717, 1.165) is 17.0 Å². The molecule has 0 saturated heterocycles. The highest BCUT2D eigenvalue weighted by atomic mass is 19.4. The number of benzene rings is 1. The van der Waals surface area contributed by atoms with Gasteiger partial charge in [-0.2, -0.15) is 13.2 Å². The molecule has 96 valence electrons. The molecule has 0 spiro atoms. The van der Waals surface area contributed by atoms with Gasteiger partial charge < -0.3 is 0 Å². The van der Waals surface area contributed by atoms with Gasteiger partial charge in [0.05, 0.1) is 11.1 Å². The van der Waals surface area contributed by atoms with Crippen LogP contribution in [0.15, 0.2) is 24.4 Å². The zero-order chi connectivity index (χ0) is 13.5. The lowest BCUT2D eigenvalue weighted by Crippen LogP contribution is -2.08. The van der Waals surface area contributed by atoms with Crippen molar-refractivity contribution in [3.63, 3.8) is 0 Å². The highest BCUT2D eigenvalue weighted by Gasteiger charge is 2.32. The van der Waals surface area contributed by atoms with Gasteiger partial charge in [0, 0.05) is 11.6 Å². The van der Waals surface area contributed by atoms with Crippen LogP contribution < -0.4 is 0 Å². The summed E-state index contributed by atoms with van der Waals surface area (Å²) in [5.41, 5.74) is 1.03. The Morgan fingerprint density at radius 1 is 1.17 bits per heavy atom. The Labute approximate surface area is 104 Å². The Morgan fingerprint density at radius 2 is 1.83 bits per heavy atom. The highest BCUT2D eigenvalue weighted by molar-refractivity contribution is 5.83. The van der Waals surface area contributed by atoms with Gasteiger partial charge >= 0.3 is 6.18 Å². The van der Waals surface area contributed by atoms with Crippen LogP contribution in [0.1, 0.15) is 36.5 Å². The van der Waals surface area contributed by atoms with E-state index in [1.165, 1.54) is 13.0 Å². The first-order chi connectivity index (χ1) is 8.30. The molecule has 0 radical (unpaired) electrons. The maximum atomic E-state index is 12.8. The van der Waals surface area contributed by atoms with Crippen LogP contribution in [-0.2, 0) is 6.18 Å². The molecule has 0 saturated carbocycles. The fourth-order valence-electron chi connectivity index (χ4n) is 1.99. The van der Waals surface area contributed by atoms with Gasteiger partial charge in [0.1, 0.15) is 0 Å². The highest BCUT2D eigenvalue weighted by Crippen LogP contribution is 2.34. The van der Waals surface area contributed by atoms with E-state index in [4.69, 9.17) is 0 Å². The van der Waals surface area contributed by atoms with Crippen molar-refractivity contribution >= 4 is 10.9 Å². The number of nitrogens with zero attached hydrogens (tertiary/aromatic N) is 1. The molecule has 0 aliphatic carbocycles. The van der Waals surface area contributed by atoms with E-state index >= 15 is 0 Å². The zero-order valence-electron chi connectivity index (χ0n) is 10.5. The molecule has 0 aliphatic heterocycles. The van der Waals surface area contributed by atoms with Crippen molar-refractivity contribution in [2.45, 2.75) is 32.9 Å². The van der Waals surface area contributed by atoms with Crippen molar-refractivity contribution in [3.05, 3.63) is 41.1 Å². The minimum absolute atomic E-state index is 0.190. The molecule has 0 fully saturated rings. The summed E-state index contributed by atoms with van der Waals surface area (Å²) in [5.74, 6) is 0.310. The third-order valence-corrected chi connectivity index (χ3v) is 3.10. The summed E-state index contributed by atoms with van der Waals surface area (Å²) in [7, 11) is 0. The van der Waals surface area contributed by atoms with Crippen molar-refractivity contribution in [3.8, 4) is 0 Å². The molecule has 1 aromatic heterocycles. The molecule has 1 aromatic carbocycles. The van der Waals surface area contributed by atoms with E-state index in [1.54, 1.807) is 6.20 Å². The first kappa shape index (κ1) is 12.9. The SMILES string of the molecule is Cc1c(C(F)(F)F)ccc2cc(C(C)C)cnc12. The summed E-state index contributed by atoms with van der Waals surface area (Å²) >= 11 is 0. The summed E-state index contributed by atoms with van der Waals surface area (Å²) in [6.07, 6.45) is -2.67. The van der Waals surface area contributed by atoms with Gasteiger partial charge in [0.15, 0.2) is 0 Å². The van der Waals surface area contributed by atoms with Crippen molar-refractivity contribution in [2.75, 3.05) is 0 Å². The summed E-state index contributed by atoms with van der Waals surface area (Å²) in [4.78, 5) is 4.18. The fourth-order valence-corrected chi connectivity index (χ4v) is 1.99. The maximum absolute atomic E-state index is 12.8. The Hall–Kier alpha value is -1.58. The number of pyridine rings is 1. The normalized spacial score (nSPS) is 12.4. The molecule has 1 nitrogen and oxygen atoms in total. The lowest BCUT2D eigenvalue weighted by atomic mass is 9.99. The van der Waals surface area contributed by atoms with Crippen LogP contribution >= 0.6 is 0 Å². The minimum atomic E-state index is -4.32. The van der Waals surface area contributed by atoms with E-state index in [9.17, 15) is 13.2 Å². The first-order valence-corrected chi connectivity index (χ1v) is 5.77. The third-order valence-electron chi connectivity index (χ3n) is 3.10. The van der Waals surface area contributed by atoms with Crippen LogP contribution in [0.25, 0.3) is 10.9 Å². The lowest BCUT2D eigenvalue weighted by Gasteiger charge is -2.13. The molecule has 2 rings (SSSR count). The third kappa shape index (κ3) is 2.19. The quantitative estimate of drug-likeness (QED) is 0.718. The first-order valence-electron chi connectivity index (χ1n) is 5.77. The molecule has 0 amide bonds. The molecule has 4 heteroatoms. The molecule has 0 unspecified atom stereocenters. The number of hydrogen-bond acceptors (Lipinski definition) is 1. The van der Waals surface area contributed by atoms with Gasteiger partial charge in [-0.05, 0) is 36.1 Å². The molecule has 0 atom stereocenters. The summed E-state index contributed by atoms with van der Waals surface area (Å²) in [6.45, 7) is 5.52. The van der Waals surface area contributed by atoms with Gasteiger partial charge in [-0.15, -0.1) is 0 Å². The van der Waals surface area contributed by atoms with Gasteiger partial charge in [-0.1, -0.05) is 19.9 Å². The maximum Gasteiger partial charge on any atom is 0.416 e. The monoisotopic (exact) mass is 253 g/mol. The summed E-state index contributed by atoms with van der Waals surface area (Å²) < 4.78 is 38.3. The largest absolute Gasteiger partial charge is 0.416 e. The second-order valence-corrected chi connectivity index (χ2v) is 4.73. The van der Waals surface area contributed by atoms with E-state index in [0.29, 0.717) is 11.4 Å². The van der Waals surface area contributed by atoms with Gasteiger partial charge in [0.25, 0.3) is 0 Å². The second-order valence-electron chi connectivity index (χ2n) is 4.73. The summed E-state index contributed by atoms with van der Waals surface area (Å²) in [6, 6.07) is 4.52. The average Bonchev–Trinajstić information content (AvgIpc) is 2.27. The zero-order valence-corrected chi connectivity index (χ0v) is 10.5. The Bertz CT molecular complexity index is 585. The van der Waals surface area contributed by atoms with Crippen LogP contribution in [0.3, 0.4) is 0 Å². The molecule has 0 N–H and O–H groups in total. The number of halogens is 3. The van der Waals surface area contributed by atoms with E-state index in [2.05, 4.69) is 4.98 Å². The van der Waals surface area contributed by atoms with Crippen molar-refractivity contribution in [1.82, 2.24) is 4.98 Å². The number of hydrogen-bond donors (Lipinski definition) is 0. The van der Waals surface area contributed by atoms with Crippen LogP contribution in [0.4, 0.5) is 13.2 Å². The number of fused-ring (bicyclic) bond motifs is 1. The number of alkyl halides is 3. The topological polar surface area (TPSA) is 12.9 Å². The van der Waals surface area contributed by atoms with Crippen LogP contribution in [0.5, 0.6) is 0 Å². The molecular weight excluding hydrogens is 239 g/mol. The number of rotatable bonds is 1. The standard InChI is InChI=1S/C14H14F3N/c1-8(2)11-6-10-4-5-12(14(15,16)17)9(3)13(10)18-7-11/h4-8H,1-3H3. The average molecular weight is 253 g/mol. The second kappa shape index (κ2) is 4.26. The molecule has 0 bridgehead atoms. The number of aromatic nitrogens is 1. The van der Waals surface area contributed by atoms with Gasteiger partial charge in [-0.3, -0.25) is 4.98 Å². The predicted octanol–water partition coefficient (Wildman–Crippen LogP) is 4.69. The fraction of sp³-hybridized carbons (Fsp3) is 0.357. The van der Waals surface area contributed by atoms with Crippen LogP contribution in [0, 0.1) is 6.92 Å². The lowest BCUT2D eigenvalue weighted by molar-refractivity contribution is -0.137. The van der Waals surface area contributed by atoms with Crippen LogP contribution in [-0.4, -0.2) is 4.98 Å². The Kier molecular flexibility index (Phi) is 3.05. The number of aryl methyl sites for hydroxylation is 1. The molecule has 0 aliphatic rings.